The Labute approximate surface area is 87.0 Å². The number of aliphatic hydroxyl groups is 1. The predicted molar refractivity (Wildman–Crippen MR) is 61.5 cm³/mol. The molecule has 0 aliphatic heterocycles. The quantitative estimate of drug-likeness (QED) is 0.743. The largest absolute Gasteiger partial charge is 0.398 e. The van der Waals surface area contributed by atoms with E-state index in [-0.39, 0.29) is 6.61 Å². The number of aliphatic hydroxyl groups excluding tert-OH is 1. The summed E-state index contributed by atoms with van der Waals surface area (Å²) in [4.78, 5) is 0. The molecule has 0 saturated carbocycles. The summed E-state index contributed by atoms with van der Waals surface area (Å²) >= 11 is 1.66. The number of nitrogen functional groups attached to an aromatic ring is 1. The van der Waals surface area contributed by atoms with Crippen LogP contribution in [0.3, 0.4) is 0 Å². The summed E-state index contributed by atoms with van der Waals surface area (Å²) in [5.74, 6) is 0. The number of fused-ring (bicyclic) bond motifs is 1. The molecule has 3 heteroatoms. The molecule has 2 rings (SSSR count). The number of hydrogen-bond donors (Lipinski definition) is 2. The van der Waals surface area contributed by atoms with Gasteiger partial charge < -0.3 is 10.8 Å². The minimum atomic E-state index is 0.0706. The predicted octanol–water partition coefficient (Wildman–Crippen LogP) is 2.54. The first-order valence-corrected chi connectivity index (χ1v) is 5.54. The van der Waals surface area contributed by atoms with Crippen molar-refractivity contribution < 1.29 is 5.11 Å². The first kappa shape index (κ1) is 9.49. The number of hydrogen-bond acceptors (Lipinski definition) is 3. The second-order valence-electron chi connectivity index (χ2n) is 3.27. The Morgan fingerprint density at radius 1 is 1.50 bits per heavy atom. The fraction of sp³-hybridized carbons (Fsp3) is 0.273. The molecule has 1 aromatic heterocycles. The van der Waals surface area contributed by atoms with Crippen LogP contribution in [0.5, 0.6) is 0 Å². The van der Waals surface area contributed by atoms with E-state index >= 15 is 0 Å². The molecule has 0 saturated heterocycles. The van der Waals surface area contributed by atoms with Crippen LogP contribution in [0.15, 0.2) is 17.5 Å². The molecule has 1 aromatic carbocycles. The fourth-order valence-corrected chi connectivity index (χ4v) is 2.66. The van der Waals surface area contributed by atoms with Gasteiger partial charge in [-0.15, -0.1) is 11.3 Å². The molecule has 1 heterocycles. The fourth-order valence-electron chi connectivity index (χ4n) is 1.79. The molecule has 14 heavy (non-hydrogen) atoms. The van der Waals surface area contributed by atoms with Gasteiger partial charge in [-0.05, 0) is 35.1 Å². The van der Waals surface area contributed by atoms with E-state index < -0.39 is 0 Å². The van der Waals surface area contributed by atoms with Crippen molar-refractivity contribution in [1.82, 2.24) is 0 Å². The molecule has 0 fully saturated rings. The van der Waals surface area contributed by atoms with Gasteiger partial charge in [0, 0.05) is 15.8 Å². The molecule has 0 unspecified atom stereocenters. The summed E-state index contributed by atoms with van der Waals surface area (Å²) in [7, 11) is 0. The van der Waals surface area contributed by atoms with Crippen molar-refractivity contribution in [3.8, 4) is 0 Å². The number of rotatable bonds is 2. The summed E-state index contributed by atoms with van der Waals surface area (Å²) in [5, 5.41) is 12.4. The average molecular weight is 207 g/mol. The van der Waals surface area contributed by atoms with Crippen LogP contribution >= 0.6 is 11.3 Å². The highest BCUT2D eigenvalue weighted by atomic mass is 32.1. The molecule has 2 nitrogen and oxygen atoms in total. The molecule has 2 aromatic rings. The number of anilines is 1. The number of nitrogens with two attached hydrogens (primary N) is 1. The molecular weight excluding hydrogens is 194 g/mol. The second kappa shape index (κ2) is 3.59. The van der Waals surface area contributed by atoms with E-state index in [0.717, 1.165) is 33.3 Å². The van der Waals surface area contributed by atoms with Crippen molar-refractivity contribution >= 4 is 27.1 Å². The molecule has 0 atom stereocenters. The smallest absolute Gasteiger partial charge is 0.0685 e. The summed E-state index contributed by atoms with van der Waals surface area (Å²) in [6.07, 6.45) is 0.869. The standard InChI is InChI=1S/C11H13NOS/c1-2-8-7(6-13)5-10-9(11(8)12)3-4-14-10/h3-5,13H,2,6,12H2,1H3. The number of benzene rings is 1. The molecule has 74 valence electrons. The number of thiophene rings is 1. The van der Waals surface area contributed by atoms with E-state index in [4.69, 9.17) is 5.73 Å². The molecule has 0 radical (unpaired) electrons. The highest BCUT2D eigenvalue weighted by Gasteiger charge is 2.09. The molecule has 0 bridgehead atoms. The Balaban J connectivity index is 2.79. The first-order valence-electron chi connectivity index (χ1n) is 4.66. The highest BCUT2D eigenvalue weighted by Crippen LogP contribution is 2.32. The van der Waals surface area contributed by atoms with E-state index in [1.165, 1.54) is 0 Å². The minimum absolute atomic E-state index is 0.0706. The zero-order valence-electron chi connectivity index (χ0n) is 8.08. The van der Waals surface area contributed by atoms with E-state index in [2.05, 4.69) is 6.92 Å². The van der Waals surface area contributed by atoms with Gasteiger partial charge in [0.1, 0.15) is 0 Å². The Kier molecular flexibility index (Phi) is 2.44. The Morgan fingerprint density at radius 3 is 2.93 bits per heavy atom. The third kappa shape index (κ3) is 1.29. The van der Waals surface area contributed by atoms with E-state index in [1.54, 1.807) is 11.3 Å². The SMILES string of the molecule is CCc1c(CO)cc2sccc2c1N. The van der Waals surface area contributed by atoms with Gasteiger partial charge in [0.15, 0.2) is 0 Å². The lowest BCUT2D eigenvalue weighted by Gasteiger charge is -2.09. The van der Waals surface area contributed by atoms with Gasteiger partial charge in [-0.25, -0.2) is 0 Å². The normalized spacial score (nSPS) is 11.0. The maximum absolute atomic E-state index is 9.22. The topological polar surface area (TPSA) is 46.2 Å². The third-order valence-electron chi connectivity index (χ3n) is 2.53. The lowest BCUT2D eigenvalue weighted by Crippen LogP contribution is -1.99. The third-order valence-corrected chi connectivity index (χ3v) is 3.39. The lowest BCUT2D eigenvalue weighted by molar-refractivity contribution is 0.281. The molecule has 0 aliphatic carbocycles. The van der Waals surface area contributed by atoms with Gasteiger partial charge in [0.2, 0.25) is 0 Å². The van der Waals surface area contributed by atoms with Crippen LogP contribution in [-0.4, -0.2) is 5.11 Å². The van der Waals surface area contributed by atoms with Crippen LogP contribution in [0.1, 0.15) is 18.1 Å². The summed E-state index contributed by atoms with van der Waals surface area (Å²) in [5.41, 5.74) is 8.92. The maximum Gasteiger partial charge on any atom is 0.0685 e. The van der Waals surface area contributed by atoms with Crippen LogP contribution in [0.25, 0.3) is 10.1 Å². The van der Waals surface area contributed by atoms with Gasteiger partial charge in [-0.1, -0.05) is 6.92 Å². The first-order chi connectivity index (χ1) is 6.77. The molecule has 0 aliphatic rings. The lowest BCUT2D eigenvalue weighted by atomic mass is 10.0. The molecule has 0 amide bonds. The summed E-state index contributed by atoms with van der Waals surface area (Å²) in [6.45, 7) is 2.13. The van der Waals surface area contributed by atoms with Crippen LogP contribution in [0.4, 0.5) is 5.69 Å². The van der Waals surface area contributed by atoms with Crippen LogP contribution < -0.4 is 5.73 Å². The second-order valence-corrected chi connectivity index (χ2v) is 4.22. The minimum Gasteiger partial charge on any atom is -0.398 e. The summed E-state index contributed by atoms with van der Waals surface area (Å²) < 4.78 is 1.16. The van der Waals surface area contributed by atoms with Crippen molar-refractivity contribution in [1.29, 1.82) is 0 Å². The average Bonchev–Trinajstić information content (AvgIpc) is 2.65. The van der Waals surface area contributed by atoms with Gasteiger partial charge in [0.05, 0.1) is 6.61 Å². The van der Waals surface area contributed by atoms with Crippen molar-refractivity contribution in [3.05, 3.63) is 28.6 Å². The Morgan fingerprint density at radius 2 is 2.29 bits per heavy atom. The monoisotopic (exact) mass is 207 g/mol. The van der Waals surface area contributed by atoms with E-state index in [9.17, 15) is 5.11 Å². The van der Waals surface area contributed by atoms with Crippen molar-refractivity contribution in [2.24, 2.45) is 0 Å². The van der Waals surface area contributed by atoms with Crippen molar-refractivity contribution in [3.63, 3.8) is 0 Å². The molecular formula is C11H13NOS. The van der Waals surface area contributed by atoms with Crippen LogP contribution in [0, 0.1) is 0 Å². The zero-order chi connectivity index (χ0) is 10.1. The van der Waals surface area contributed by atoms with Crippen LogP contribution in [0.2, 0.25) is 0 Å². The highest BCUT2D eigenvalue weighted by molar-refractivity contribution is 7.17. The van der Waals surface area contributed by atoms with E-state index in [0.29, 0.717) is 0 Å². The Bertz CT molecular complexity index is 462. The van der Waals surface area contributed by atoms with Crippen molar-refractivity contribution in [2.45, 2.75) is 20.0 Å². The van der Waals surface area contributed by atoms with E-state index in [1.807, 2.05) is 17.5 Å². The maximum atomic E-state index is 9.22. The van der Waals surface area contributed by atoms with Gasteiger partial charge in [-0.3, -0.25) is 0 Å². The van der Waals surface area contributed by atoms with Gasteiger partial charge in [0.25, 0.3) is 0 Å². The molecule has 3 N–H and O–H groups in total. The van der Waals surface area contributed by atoms with Crippen molar-refractivity contribution in [2.75, 3.05) is 5.73 Å². The Hall–Kier alpha value is -1.06. The molecule has 0 spiro atoms. The summed E-state index contributed by atoms with van der Waals surface area (Å²) in [6, 6.07) is 4.07. The van der Waals surface area contributed by atoms with Crippen LogP contribution in [-0.2, 0) is 13.0 Å². The van der Waals surface area contributed by atoms with Gasteiger partial charge in [-0.2, -0.15) is 0 Å². The zero-order valence-corrected chi connectivity index (χ0v) is 8.90. The van der Waals surface area contributed by atoms with Gasteiger partial charge >= 0.3 is 0 Å².